The van der Waals surface area contributed by atoms with E-state index >= 15 is 0 Å². The molecule has 0 spiro atoms. The molecular formula is C22H22N2O4S. The fraction of sp³-hybridized carbons (Fsp3) is 0.227. The van der Waals surface area contributed by atoms with E-state index in [1.54, 1.807) is 31.2 Å². The van der Waals surface area contributed by atoms with Gasteiger partial charge in [0.1, 0.15) is 10.8 Å². The first-order valence-corrected chi connectivity index (χ1v) is 10.2. The van der Waals surface area contributed by atoms with E-state index in [1.807, 2.05) is 36.6 Å². The summed E-state index contributed by atoms with van der Waals surface area (Å²) < 4.78 is 10.4. The average molecular weight is 410 g/mol. The normalized spacial score (nSPS) is 10.4. The van der Waals surface area contributed by atoms with Crippen LogP contribution in [0.2, 0.25) is 0 Å². The third kappa shape index (κ3) is 5.65. The number of esters is 1. The number of carbonyl (C=O) groups is 2. The summed E-state index contributed by atoms with van der Waals surface area (Å²) in [6.07, 6.45) is 0.174. The Labute approximate surface area is 173 Å². The van der Waals surface area contributed by atoms with Crippen LogP contribution in [0.25, 0.3) is 10.6 Å². The lowest BCUT2D eigenvalue weighted by atomic mass is 10.2. The SMILES string of the molecule is CCOC(=O)c1ccc(NC(=O)Cc2csc(-c3ccc(OCC)cc3)n2)cc1. The Morgan fingerprint density at radius 3 is 2.38 bits per heavy atom. The number of benzene rings is 2. The van der Waals surface area contributed by atoms with Gasteiger partial charge < -0.3 is 14.8 Å². The van der Waals surface area contributed by atoms with Crippen molar-refractivity contribution in [1.29, 1.82) is 0 Å². The summed E-state index contributed by atoms with van der Waals surface area (Å²) in [7, 11) is 0. The van der Waals surface area contributed by atoms with Gasteiger partial charge in [-0.15, -0.1) is 11.3 Å². The van der Waals surface area contributed by atoms with Crippen LogP contribution < -0.4 is 10.1 Å². The van der Waals surface area contributed by atoms with Gasteiger partial charge in [0.2, 0.25) is 5.91 Å². The number of rotatable bonds is 8. The second kappa shape index (κ2) is 9.84. The summed E-state index contributed by atoms with van der Waals surface area (Å²) in [5.74, 6) is 0.272. The van der Waals surface area contributed by atoms with Crippen LogP contribution >= 0.6 is 11.3 Å². The molecule has 0 aliphatic rings. The highest BCUT2D eigenvalue weighted by Gasteiger charge is 2.11. The predicted molar refractivity (Wildman–Crippen MR) is 113 cm³/mol. The van der Waals surface area contributed by atoms with Crippen molar-refractivity contribution in [1.82, 2.24) is 4.98 Å². The van der Waals surface area contributed by atoms with Crippen molar-refractivity contribution in [2.24, 2.45) is 0 Å². The van der Waals surface area contributed by atoms with Gasteiger partial charge in [-0.3, -0.25) is 4.79 Å². The summed E-state index contributed by atoms with van der Waals surface area (Å²) in [4.78, 5) is 28.5. The first kappa shape index (κ1) is 20.5. The Hall–Kier alpha value is -3.19. The highest BCUT2D eigenvalue weighted by atomic mass is 32.1. The fourth-order valence-electron chi connectivity index (χ4n) is 2.65. The third-order valence-corrected chi connectivity index (χ3v) is 4.93. The van der Waals surface area contributed by atoms with Crippen LogP contribution in [-0.4, -0.2) is 30.1 Å². The molecule has 1 N–H and O–H groups in total. The van der Waals surface area contributed by atoms with E-state index in [2.05, 4.69) is 10.3 Å². The summed E-state index contributed by atoms with van der Waals surface area (Å²) in [6, 6.07) is 14.3. The molecule has 1 aromatic heterocycles. The second-order valence-electron chi connectivity index (χ2n) is 6.12. The molecule has 1 heterocycles. The molecule has 0 fully saturated rings. The molecule has 0 saturated heterocycles. The minimum atomic E-state index is -0.380. The maximum atomic E-state index is 12.3. The van der Waals surface area contributed by atoms with Crippen LogP contribution in [0, 0.1) is 0 Å². The highest BCUT2D eigenvalue weighted by molar-refractivity contribution is 7.13. The molecule has 0 radical (unpaired) electrons. The van der Waals surface area contributed by atoms with E-state index in [-0.39, 0.29) is 18.3 Å². The summed E-state index contributed by atoms with van der Waals surface area (Å²) in [6.45, 7) is 4.65. The zero-order chi connectivity index (χ0) is 20.6. The van der Waals surface area contributed by atoms with E-state index < -0.39 is 0 Å². The Bertz CT molecular complexity index is 965. The molecule has 2 aromatic carbocycles. The van der Waals surface area contributed by atoms with Crippen molar-refractivity contribution in [3.63, 3.8) is 0 Å². The van der Waals surface area contributed by atoms with Crippen LogP contribution in [0.3, 0.4) is 0 Å². The zero-order valence-corrected chi connectivity index (χ0v) is 17.1. The molecule has 6 nitrogen and oxygen atoms in total. The number of ether oxygens (including phenoxy) is 2. The number of anilines is 1. The minimum absolute atomic E-state index is 0.169. The summed E-state index contributed by atoms with van der Waals surface area (Å²) in [5.41, 5.74) is 2.76. The van der Waals surface area contributed by atoms with Crippen LogP contribution in [0.15, 0.2) is 53.9 Å². The maximum absolute atomic E-state index is 12.3. The molecule has 0 aliphatic carbocycles. The number of amides is 1. The van der Waals surface area contributed by atoms with Crippen LogP contribution in [0.5, 0.6) is 5.75 Å². The van der Waals surface area contributed by atoms with Gasteiger partial charge in [-0.2, -0.15) is 0 Å². The van der Waals surface area contributed by atoms with Gasteiger partial charge in [-0.25, -0.2) is 9.78 Å². The van der Waals surface area contributed by atoms with Crippen molar-refractivity contribution < 1.29 is 19.1 Å². The number of hydrogen-bond donors (Lipinski definition) is 1. The average Bonchev–Trinajstić information content (AvgIpc) is 3.18. The molecule has 3 rings (SSSR count). The molecular weight excluding hydrogens is 388 g/mol. The molecule has 0 saturated carbocycles. The Morgan fingerprint density at radius 1 is 1.00 bits per heavy atom. The number of nitrogens with one attached hydrogen (secondary N) is 1. The van der Waals surface area contributed by atoms with E-state index in [0.29, 0.717) is 30.2 Å². The molecule has 0 unspecified atom stereocenters. The molecule has 0 atom stereocenters. The molecule has 150 valence electrons. The number of hydrogen-bond acceptors (Lipinski definition) is 6. The standard InChI is InChI=1S/C22H22N2O4S/c1-3-27-19-11-7-15(8-12-19)21-24-18(14-29-21)13-20(25)23-17-9-5-16(6-10-17)22(26)28-4-2/h5-12,14H,3-4,13H2,1-2H3,(H,23,25). The first-order valence-electron chi connectivity index (χ1n) is 9.33. The van der Waals surface area contributed by atoms with Gasteiger partial charge in [0.15, 0.2) is 0 Å². The minimum Gasteiger partial charge on any atom is -0.494 e. The van der Waals surface area contributed by atoms with E-state index in [4.69, 9.17) is 9.47 Å². The van der Waals surface area contributed by atoms with Crippen molar-refractivity contribution in [3.8, 4) is 16.3 Å². The zero-order valence-electron chi connectivity index (χ0n) is 16.3. The number of nitrogens with zero attached hydrogens (tertiary/aromatic N) is 1. The molecule has 3 aromatic rings. The number of aromatic nitrogens is 1. The smallest absolute Gasteiger partial charge is 0.338 e. The summed E-state index contributed by atoms with van der Waals surface area (Å²) >= 11 is 1.50. The van der Waals surface area contributed by atoms with Gasteiger partial charge in [-0.05, 0) is 62.4 Å². The van der Waals surface area contributed by atoms with Crippen molar-refractivity contribution in [2.75, 3.05) is 18.5 Å². The van der Waals surface area contributed by atoms with Crippen molar-refractivity contribution >= 4 is 28.9 Å². The van der Waals surface area contributed by atoms with Crippen LogP contribution in [0.4, 0.5) is 5.69 Å². The molecule has 7 heteroatoms. The summed E-state index contributed by atoms with van der Waals surface area (Å²) in [5, 5.41) is 5.56. The lowest BCUT2D eigenvalue weighted by Crippen LogP contribution is -2.14. The Morgan fingerprint density at radius 2 is 1.72 bits per heavy atom. The lowest BCUT2D eigenvalue weighted by molar-refractivity contribution is -0.115. The third-order valence-electron chi connectivity index (χ3n) is 3.99. The Kier molecular flexibility index (Phi) is 6.97. The van der Waals surface area contributed by atoms with Crippen LogP contribution in [-0.2, 0) is 16.0 Å². The fourth-order valence-corrected chi connectivity index (χ4v) is 3.48. The lowest BCUT2D eigenvalue weighted by Gasteiger charge is -2.06. The van der Waals surface area contributed by atoms with E-state index in [1.165, 1.54) is 11.3 Å². The van der Waals surface area contributed by atoms with E-state index in [0.717, 1.165) is 16.3 Å². The monoisotopic (exact) mass is 410 g/mol. The second-order valence-corrected chi connectivity index (χ2v) is 6.98. The van der Waals surface area contributed by atoms with E-state index in [9.17, 15) is 9.59 Å². The molecule has 1 amide bonds. The highest BCUT2D eigenvalue weighted by Crippen LogP contribution is 2.26. The number of carbonyl (C=O) groups excluding carboxylic acids is 2. The number of thiazole rings is 1. The van der Waals surface area contributed by atoms with Crippen molar-refractivity contribution in [2.45, 2.75) is 20.3 Å². The largest absolute Gasteiger partial charge is 0.494 e. The van der Waals surface area contributed by atoms with Gasteiger partial charge in [0, 0.05) is 16.6 Å². The molecule has 0 bridgehead atoms. The quantitative estimate of drug-likeness (QED) is 0.551. The topological polar surface area (TPSA) is 77.5 Å². The maximum Gasteiger partial charge on any atom is 0.338 e. The van der Waals surface area contributed by atoms with Gasteiger partial charge in [0.05, 0.1) is 30.9 Å². The Balaban J connectivity index is 1.58. The molecule has 29 heavy (non-hydrogen) atoms. The first-order chi connectivity index (χ1) is 14.1. The van der Waals surface area contributed by atoms with Crippen molar-refractivity contribution in [3.05, 3.63) is 65.2 Å². The van der Waals surface area contributed by atoms with Gasteiger partial charge in [0.25, 0.3) is 0 Å². The predicted octanol–water partition coefficient (Wildman–Crippen LogP) is 4.57. The van der Waals surface area contributed by atoms with Gasteiger partial charge in [-0.1, -0.05) is 0 Å². The van der Waals surface area contributed by atoms with Crippen LogP contribution in [0.1, 0.15) is 29.9 Å². The molecule has 0 aliphatic heterocycles. The van der Waals surface area contributed by atoms with Gasteiger partial charge >= 0.3 is 5.97 Å².